The highest BCUT2D eigenvalue weighted by Crippen LogP contribution is 2.35. The zero-order chi connectivity index (χ0) is 10.7. The molecular weight excluding hydrogens is 200 g/mol. The van der Waals surface area contributed by atoms with Crippen molar-refractivity contribution in [3.05, 3.63) is 40.8 Å². The molecule has 0 saturated heterocycles. The number of thiophene rings is 1. The van der Waals surface area contributed by atoms with Crippen molar-refractivity contribution in [2.24, 2.45) is 0 Å². The van der Waals surface area contributed by atoms with Gasteiger partial charge in [0.2, 0.25) is 0 Å². The molecular formula is C14H16S. The maximum atomic E-state index is 2.24. The van der Waals surface area contributed by atoms with Crippen molar-refractivity contribution in [2.75, 3.05) is 0 Å². The van der Waals surface area contributed by atoms with E-state index in [1.807, 2.05) is 11.3 Å². The van der Waals surface area contributed by atoms with Gasteiger partial charge in [0.15, 0.2) is 0 Å². The number of benzene rings is 1. The minimum atomic E-state index is 1.13. The van der Waals surface area contributed by atoms with Gasteiger partial charge in [0.05, 0.1) is 0 Å². The van der Waals surface area contributed by atoms with Gasteiger partial charge < -0.3 is 0 Å². The molecule has 0 nitrogen and oxygen atoms in total. The van der Waals surface area contributed by atoms with Crippen LogP contribution in [0.5, 0.6) is 0 Å². The standard InChI is InChI=1S/C11H8S.C3H8/c1-2-6-10-8(4-1)9-5-3-7-11(9)12-10;1-3-2/h1-6H,7H2;3H2,1-2H3. The molecule has 0 aliphatic heterocycles. The molecule has 78 valence electrons. The van der Waals surface area contributed by atoms with Gasteiger partial charge in [0, 0.05) is 16.0 Å². The summed E-state index contributed by atoms with van der Waals surface area (Å²) in [4.78, 5) is 1.52. The molecule has 0 amide bonds. The van der Waals surface area contributed by atoms with E-state index in [0.29, 0.717) is 0 Å². The Kier molecular flexibility index (Phi) is 3.22. The summed E-state index contributed by atoms with van der Waals surface area (Å²) in [6.07, 6.45) is 6.87. The van der Waals surface area contributed by atoms with Crippen LogP contribution in [0.4, 0.5) is 0 Å². The van der Waals surface area contributed by atoms with E-state index in [2.05, 4.69) is 50.3 Å². The molecule has 1 heteroatoms. The largest absolute Gasteiger partial charge is 0.139 e. The van der Waals surface area contributed by atoms with Gasteiger partial charge in [0.1, 0.15) is 0 Å². The van der Waals surface area contributed by atoms with E-state index in [-0.39, 0.29) is 0 Å². The molecule has 2 aromatic rings. The van der Waals surface area contributed by atoms with Crippen molar-refractivity contribution in [3.63, 3.8) is 0 Å². The van der Waals surface area contributed by atoms with Gasteiger partial charge in [-0.1, -0.05) is 50.6 Å². The van der Waals surface area contributed by atoms with Crippen molar-refractivity contribution < 1.29 is 0 Å². The summed E-state index contributed by atoms with van der Waals surface area (Å²) < 4.78 is 1.42. The second-order valence-corrected chi connectivity index (χ2v) is 4.89. The van der Waals surface area contributed by atoms with Crippen LogP contribution in [0.1, 0.15) is 30.7 Å². The predicted molar refractivity (Wildman–Crippen MR) is 70.5 cm³/mol. The van der Waals surface area contributed by atoms with Crippen LogP contribution in [0.25, 0.3) is 16.2 Å². The maximum Gasteiger partial charge on any atom is 0.0352 e. The summed E-state index contributed by atoms with van der Waals surface area (Å²) in [7, 11) is 0. The second-order valence-electron chi connectivity index (χ2n) is 3.75. The van der Waals surface area contributed by atoms with E-state index in [1.54, 1.807) is 0 Å². The lowest BCUT2D eigenvalue weighted by atomic mass is 10.2. The molecule has 0 atom stereocenters. The average Bonchev–Trinajstić information content (AvgIpc) is 2.78. The quantitative estimate of drug-likeness (QED) is 0.588. The third-order valence-electron chi connectivity index (χ3n) is 2.30. The third kappa shape index (κ3) is 1.98. The second kappa shape index (κ2) is 4.63. The summed E-state index contributed by atoms with van der Waals surface area (Å²) >= 11 is 1.92. The summed E-state index contributed by atoms with van der Waals surface area (Å²) in [6, 6.07) is 8.63. The van der Waals surface area contributed by atoms with Crippen molar-refractivity contribution in [3.8, 4) is 0 Å². The monoisotopic (exact) mass is 216 g/mol. The lowest BCUT2D eigenvalue weighted by Gasteiger charge is -1.88. The molecule has 0 unspecified atom stereocenters. The topological polar surface area (TPSA) is 0 Å². The zero-order valence-corrected chi connectivity index (χ0v) is 10.1. The first-order valence-corrected chi connectivity index (χ1v) is 6.35. The number of hydrogen-bond acceptors (Lipinski definition) is 1. The van der Waals surface area contributed by atoms with Crippen molar-refractivity contribution >= 4 is 27.5 Å². The van der Waals surface area contributed by atoms with Crippen LogP contribution in [0.3, 0.4) is 0 Å². The summed E-state index contributed by atoms with van der Waals surface area (Å²) in [5.41, 5.74) is 1.45. The minimum Gasteiger partial charge on any atom is -0.139 e. The molecule has 1 heterocycles. The minimum absolute atomic E-state index is 1.13. The van der Waals surface area contributed by atoms with Crippen LogP contribution >= 0.6 is 11.3 Å². The number of rotatable bonds is 0. The van der Waals surface area contributed by atoms with Gasteiger partial charge in [-0.25, -0.2) is 0 Å². The highest BCUT2D eigenvalue weighted by molar-refractivity contribution is 7.19. The van der Waals surface area contributed by atoms with Gasteiger partial charge in [-0.15, -0.1) is 11.3 Å². The first-order valence-electron chi connectivity index (χ1n) is 5.53. The van der Waals surface area contributed by atoms with E-state index in [0.717, 1.165) is 6.42 Å². The first kappa shape index (κ1) is 10.4. The van der Waals surface area contributed by atoms with Crippen molar-refractivity contribution in [1.29, 1.82) is 0 Å². The number of allylic oxidation sites excluding steroid dienone is 1. The van der Waals surface area contributed by atoms with Gasteiger partial charge in [-0.2, -0.15) is 0 Å². The van der Waals surface area contributed by atoms with E-state index in [1.165, 1.54) is 26.9 Å². The fourth-order valence-electron chi connectivity index (χ4n) is 1.73. The van der Waals surface area contributed by atoms with Gasteiger partial charge in [-0.05, 0) is 17.0 Å². The van der Waals surface area contributed by atoms with Gasteiger partial charge in [-0.3, -0.25) is 0 Å². The Bertz CT molecular complexity index is 477. The molecule has 0 radical (unpaired) electrons. The molecule has 0 fully saturated rings. The van der Waals surface area contributed by atoms with Crippen molar-refractivity contribution in [2.45, 2.75) is 26.7 Å². The number of fused-ring (bicyclic) bond motifs is 3. The molecule has 15 heavy (non-hydrogen) atoms. The first-order chi connectivity index (χ1) is 7.36. The molecule has 3 rings (SSSR count). The van der Waals surface area contributed by atoms with Crippen LogP contribution in [-0.2, 0) is 6.42 Å². The lowest BCUT2D eigenvalue weighted by molar-refractivity contribution is 1.09. The Labute approximate surface area is 95.3 Å². The van der Waals surface area contributed by atoms with Crippen LogP contribution < -0.4 is 0 Å². The Morgan fingerprint density at radius 2 is 1.93 bits per heavy atom. The van der Waals surface area contributed by atoms with Crippen LogP contribution in [0, 0.1) is 0 Å². The maximum absolute atomic E-state index is 2.24. The Morgan fingerprint density at radius 3 is 2.73 bits per heavy atom. The molecule has 1 aliphatic rings. The Morgan fingerprint density at radius 1 is 1.20 bits per heavy atom. The summed E-state index contributed by atoms with van der Waals surface area (Å²) in [5.74, 6) is 0. The Hall–Kier alpha value is -1.08. The highest BCUT2D eigenvalue weighted by atomic mass is 32.1. The Balaban J connectivity index is 0.000000258. The molecule has 1 aliphatic carbocycles. The average molecular weight is 216 g/mol. The van der Waals surface area contributed by atoms with Crippen LogP contribution in [0.15, 0.2) is 30.3 Å². The van der Waals surface area contributed by atoms with E-state index in [9.17, 15) is 0 Å². The van der Waals surface area contributed by atoms with E-state index < -0.39 is 0 Å². The van der Waals surface area contributed by atoms with Crippen molar-refractivity contribution in [1.82, 2.24) is 0 Å². The summed E-state index contributed by atoms with van der Waals surface area (Å²) in [5, 5.41) is 1.42. The van der Waals surface area contributed by atoms with Gasteiger partial charge >= 0.3 is 0 Å². The molecule has 0 saturated carbocycles. The number of hydrogen-bond donors (Lipinski definition) is 0. The molecule has 0 bridgehead atoms. The van der Waals surface area contributed by atoms with E-state index >= 15 is 0 Å². The predicted octanol–water partition coefficient (Wildman–Crippen LogP) is 4.89. The SMILES string of the molecule is C1=Cc2c(sc3ccccc23)C1.CCC. The van der Waals surface area contributed by atoms with Crippen LogP contribution in [-0.4, -0.2) is 0 Å². The lowest BCUT2D eigenvalue weighted by Crippen LogP contribution is -1.68. The van der Waals surface area contributed by atoms with E-state index in [4.69, 9.17) is 0 Å². The molecule has 0 N–H and O–H groups in total. The third-order valence-corrected chi connectivity index (χ3v) is 3.51. The zero-order valence-electron chi connectivity index (χ0n) is 9.29. The molecule has 0 spiro atoms. The summed E-state index contributed by atoms with van der Waals surface area (Å²) in [6.45, 7) is 4.25. The fourth-order valence-corrected chi connectivity index (χ4v) is 2.90. The molecule has 1 aromatic carbocycles. The fraction of sp³-hybridized carbons (Fsp3) is 0.286. The molecule has 1 aromatic heterocycles. The smallest absolute Gasteiger partial charge is 0.0352 e. The highest BCUT2D eigenvalue weighted by Gasteiger charge is 2.11. The normalized spacial score (nSPS) is 12.4. The van der Waals surface area contributed by atoms with Crippen LogP contribution in [0.2, 0.25) is 0 Å². The van der Waals surface area contributed by atoms with Gasteiger partial charge in [0.25, 0.3) is 0 Å².